The first-order valence-corrected chi connectivity index (χ1v) is 7.05. The molecule has 0 amide bonds. The molecule has 0 spiro atoms. The fourth-order valence-electron chi connectivity index (χ4n) is 2.61. The van der Waals surface area contributed by atoms with E-state index in [1.54, 1.807) is 0 Å². The van der Waals surface area contributed by atoms with Crippen molar-refractivity contribution in [2.45, 2.75) is 26.4 Å². The fraction of sp³-hybridized carbons (Fsp3) is 0.312. The molecule has 3 rings (SSSR count). The van der Waals surface area contributed by atoms with E-state index in [0.29, 0.717) is 0 Å². The predicted octanol–water partition coefficient (Wildman–Crippen LogP) is 3.35. The van der Waals surface area contributed by atoms with E-state index < -0.39 is 0 Å². The number of benzene rings is 1. The van der Waals surface area contributed by atoms with Crippen LogP contribution in [0.1, 0.15) is 31.3 Å². The lowest BCUT2D eigenvalue weighted by Crippen LogP contribution is -2.25. The average molecular weight is 269 g/mol. The molecular weight excluding hydrogens is 250 g/mol. The van der Waals surface area contributed by atoms with Crippen molar-refractivity contribution < 1.29 is 4.42 Å². The molecule has 0 aliphatic rings. The van der Waals surface area contributed by atoms with Gasteiger partial charge in [-0.15, -0.1) is 0 Å². The Bertz CT molecular complexity index is 698. The monoisotopic (exact) mass is 269 g/mol. The van der Waals surface area contributed by atoms with Crippen molar-refractivity contribution >= 4 is 11.0 Å². The molecule has 0 radical (unpaired) electrons. The standard InChI is InChI=1S/C16H19N3O/c1-3-17-15(16-18-9-10-19(16)4-2)13-11-20-14-8-6-5-7-12(13)14/h5-11,15,17H,3-4H2,1-2H3. The number of aryl methyl sites for hydroxylation is 1. The second kappa shape index (κ2) is 5.51. The van der Waals surface area contributed by atoms with E-state index in [1.807, 2.05) is 36.9 Å². The van der Waals surface area contributed by atoms with Gasteiger partial charge in [0.2, 0.25) is 0 Å². The van der Waals surface area contributed by atoms with Gasteiger partial charge in [-0.1, -0.05) is 25.1 Å². The lowest BCUT2D eigenvalue weighted by molar-refractivity contribution is 0.545. The summed E-state index contributed by atoms with van der Waals surface area (Å²) in [7, 11) is 0. The quantitative estimate of drug-likeness (QED) is 0.772. The number of nitrogens with zero attached hydrogens (tertiary/aromatic N) is 2. The number of nitrogens with one attached hydrogen (secondary N) is 1. The van der Waals surface area contributed by atoms with E-state index in [1.165, 1.54) is 0 Å². The van der Waals surface area contributed by atoms with Crippen LogP contribution < -0.4 is 5.32 Å². The number of furan rings is 1. The maximum absolute atomic E-state index is 5.67. The minimum absolute atomic E-state index is 0.0543. The number of rotatable bonds is 5. The minimum atomic E-state index is 0.0543. The Labute approximate surface area is 118 Å². The summed E-state index contributed by atoms with van der Waals surface area (Å²) in [6, 6.07) is 8.17. The van der Waals surface area contributed by atoms with Crippen molar-refractivity contribution in [3.05, 3.63) is 54.3 Å². The zero-order valence-electron chi connectivity index (χ0n) is 11.8. The van der Waals surface area contributed by atoms with Crippen LogP contribution in [-0.4, -0.2) is 16.1 Å². The topological polar surface area (TPSA) is 43.0 Å². The van der Waals surface area contributed by atoms with Crippen LogP contribution in [-0.2, 0) is 6.54 Å². The Hall–Kier alpha value is -2.07. The van der Waals surface area contributed by atoms with Crippen LogP contribution >= 0.6 is 0 Å². The number of fused-ring (bicyclic) bond motifs is 1. The highest BCUT2D eigenvalue weighted by molar-refractivity contribution is 5.81. The molecule has 0 aliphatic heterocycles. The summed E-state index contributed by atoms with van der Waals surface area (Å²) < 4.78 is 7.83. The SMILES string of the molecule is CCNC(c1coc2ccccc12)c1nccn1CC. The number of aromatic nitrogens is 2. The Kier molecular flexibility index (Phi) is 3.56. The number of imidazole rings is 1. The summed E-state index contributed by atoms with van der Waals surface area (Å²) in [5, 5.41) is 4.65. The molecule has 0 fully saturated rings. The largest absolute Gasteiger partial charge is 0.464 e. The Morgan fingerprint density at radius 2 is 2.15 bits per heavy atom. The summed E-state index contributed by atoms with van der Waals surface area (Å²) in [5.41, 5.74) is 2.06. The van der Waals surface area contributed by atoms with Crippen LogP contribution in [0.15, 0.2) is 47.3 Å². The summed E-state index contributed by atoms with van der Waals surface area (Å²) in [6.45, 7) is 6.02. The molecule has 104 valence electrons. The van der Waals surface area contributed by atoms with Crippen molar-refractivity contribution in [3.63, 3.8) is 0 Å². The van der Waals surface area contributed by atoms with Gasteiger partial charge in [-0.25, -0.2) is 4.98 Å². The molecule has 3 aromatic rings. The van der Waals surface area contributed by atoms with Crippen molar-refractivity contribution in [1.82, 2.24) is 14.9 Å². The van der Waals surface area contributed by atoms with Gasteiger partial charge in [0.25, 0.3) is 0 Å². The first-order chi connectivity index (χ1) is 9.85. The highest BCUT2D eigenvalue weighted by Gasteiger charge is 2.21. The molecule has 0 aliphatic carbocycles. The highest BCUT2D eigenvalue weighted by atomic mass is 16.3. The van der Waals surface area contributed by atoms with Gasteiger partial charge in [-0.2, -0.15) is 0 Å². The van der Waals surface area contributed by atoms with Crippen LogP contribution in [0.4, 0.5) is 0 Å². The molecule has 1 unspecified atom stereocenters. The molecule has 2 aromatic heterocycles. The summed E-state index contributed by atoms with van der Waals surface area (Å²) in [5.74, 6) is 1.03. The fourth-order valence-corrected chi connectivity index (χ4v) is 2.61. The van der Waals surface area contributed by atoms with Crippen LogP contribution in [0.25, 0.3) is 11.0 Å². The number of para-hydroxylation sites is 1. The Morgan fingerprint density at radius 3 is 2.95 bits per heavy atom. The zero-order chi connectivity index (χ0) is 13.9. The van der Waals surface area contributed by atoms with Gasteiger partial charge in [-0.05, 0) is 19.5 Å². The third-order valence-corrected chi connectivity index (χ3v) is 3.58. The number of hydrogen-bond acceptors (Lipinski definition) is 3. The molecule has 0 saturated heterocycles. The maximum atomic E-state index is 5.67. The van der Waals surface area contributed by atoms with E-state index in [0.717, 1.165) is 35.4 Å². The van der Waals surface area contributed by atoms with Gasteiger partial charge in [0.15, 0.2) is 0 Å². The summed E-state index contributed by atoms with van der Waals surface area (Å²) in [4.78, 5) is 4.53. The van der Waals surface area contributed by atoms with Gasteiger partial charge < -0.3 is 14.3 Å². The molecule has 1 aromatic carbocycles. The van der Waals surface area contributed by atoms with Gasteiger partial charge in [0.05, 0.1) is 12.3 Å². The Balaban J connectivity index is 2.11. The third kappa shape index (κ3) is 2.12. The molecule has 4 nitrogen and oxygen atoms in total. The molecule has 20 heavy (non-hydrogen) atoms. The zero-order valence-corrected chi connectivity index (χ0v) is 11.8. The predicted molar refractivity (Wildman–Crippen MR) is 79.6 cm³/mol. The van der Waals surface area contributed by atoms with Crippen LogP contribution in [0.3, 0.4) is 0 Å². The van der Waals surface area contributed by atoms with Crippen molar-refractivity contribution in [3.8, 4) is 0 Å². The molecule has 0 saturated carbocycles. The van der Waals surface area contributed by atoms with E-state index in [2.05, 4.69) is 34.8 Å². The minimum Gasteiger partial charge on any atom is -0.464 e. The summed E-state index contributed by atoms with van der Waals surface area (Å²) >= 11 is 0. The second-order valence-electron chi connectivity index (χ2n) is 4.75. The number of hydrogen-bond donors (Lipinski definition) is 1. The molecule has 2 heterocycles. The first-order valence-electron chi connectivity index (χ1n) is 7.05. The van der Waals surface area contributed by atoms with Crippen LogP contribution in [0.2, 0.25) is 0 Å². The molecule has 1 atom stereocenters. The van der Waals surface area contributed by atoms with E-state index in [-0.39, 0.29) is 6.04 Å². The van der Waals surface area contributed by atoms with E-state index in [4.69, 9.17) is 4.42 Å². The van der Waals surface area contributed by atoms with Crippen LogP contribution in [0.5, 0.6) is 0 Å². The van der Waals surface area contributed by atoms with Crippen molar-refractivity contribution in [2.75, 3.05) is 6.54 Å². The maximum Gasteiger partial charge on any atom is 0.134 e. The second-order valence-corrected chi connectivity index (χ2v) is 4.75. The molecule has 0 bridgehead atoms. The van der Waals surface area contributed by atoms with E-state index in [9.17, 15) is 0 Å². The Morgan fingerprint density at radius 1 is 1.30 bits per heavy atom. The van der Waals surface area contributed by atoms with Gasteiger partial charge in [0, 0.05) is 29.9 Å². The van der Waals surface area contributed by atoms with Crippen LogP contribution in [0, 0.1) is 0 Å². The van der Waals surface area contributed by atoms with Gasteiger partial charge in [-0.3, -0.25) is 0 Å². The lowest BCUT2D eigenvalue weighted by Gasteiger charge is -2.17. The van der Waals surface area contributed by atoms with Crippen molar-refractivity contribution in [1.29, 1.82) is 0 Å². The third-order valence-electron chi connectivity index (χ3n) is 3.58. The van der Waals surface area contributed by atoms with E-state index >= 15 is 0 Å². The molecule has 4 heteroatoms. The average Bonchev–Trinajstić information content (AvgIpc) is 3.11. The van der Waals surface area contributed by atoms with Crippen molar-refractivity contribution in [2.24, 2.45) is 0 Å². The van der Waals surface area contributed by atoms with Gasteiger partial charge in [0.1, 0.15) is 11.4 Å². The molecule has 1 N–H and O–H groups in total. The normalized spacial score (nSPS) is 12.9. The molecular formula is C16H19N3O. The smallest absolute Gasteiger partial charge is 0.134 e. The summed E-state index contributed by atoms with van der Waals surface area (Å²) in [6.07, 6.45) is 5.71. The van der Waals surface area contributed by atoms with Gasteiger partial charge >= 0.3 is 0 Å². The first kappa shape index (κ1) is 12.9. The highest BCUT2D eigenvalue weighted by Crippen LogP contribution is 2.29. The lowest BCUT2D eigenvalue weighted by atomic mass is 10.0.